The first kappa shape index (κ1) is 29.6. The van der Waals surface area contributed by atoms with Gasteiger partial charge in [0.15, 0.2) is 0 Å². The van der Waals surface area contributed by atoms with Crippen LogP contribution in [0.25, 0.3) is 0 Å². The number of nitrogens with zero attached hydrogens (tertiary/aromatic N) is 2. The zero-order chi connectivity index (χ0) is 29.9. The maximum Gasteiger partial charge on any atom is 0.471 e. The van der Waals surface area contributed by atoms with Crippen LogP contribution < -0.4 is 16.0 Å². The van der Waals surface area contributed by atoms with Gasteiger partial charge >= 0.3 is 12.1 Å². The van der Waals surface area contributed by atoms with E-state index in [0.29, 0.717) is 16.3 Å². The zero-order valence-corrected chi connectivity index (χ0v) is 23.4. The molecule has 0 bridgehead atoms. The molecule has 1 aromatic rings. The van der Waals surface area contributed by atoms with Gasteiger partial charge in [-0.05, 0) is 52.8 Å². The second kappa shape index (κ2) is 9.94. The van der Waals surface area contributed by atoms with Gasteiger partial charge in [-0.15, -0.1) is 0 Å². The summed E-state index contributed by atoms with van der Waals surface area (Å²) in [5.74, 6) is -5.15. The minimum atomic E-state index is -5.19. The number of likely N-dealkylation sites (tertiary alicyclic amines) is 1. The van der Waals surface area contributed by atoms with Crippen LogP contribution in [0.5, 0.6) is 0 Å². The molecule has 3 aliphatic rings. The van der Waals surface area contributed by atoms with Crippen molar-refractivity contribution in [2.24, 2.45) is 22.7 Å². The quantitative estimate of drug-likeness (QED) is 0.474. The maximum atomic E-state index is 13.6. The van der Waals surface area contributed by atoms with Gasteiger partial charge < -0.3 is 20.9 Å². The molecule has 2 aliphatic heterocycles. The van der Waals surface area contributed by atoms with Crippen LogP contribution >= 0.6 is 11.6 Å². The molecule has 1 saturated heterocycles. The van der Waals surface area contributed by atoms with E-state index in [1.54, 1.807) is 18.2 Å². The Kier molecular flexibility index (Phi) is 7.37. The minimum absolute atomic E-state index is 0.0498. The summed E-state index contributed by atoms with van der Waals surface area (Å²) in [6.45, 7) is 8.54. The molecule has 13 heteroatoms. The summed E-state index contributed by atoms with van der Waals surface area (Å²) in [7, 11) is 0. The molecule has 216 valence electrons. The molecule has 4 rings (SSSR count). The van der Waals surface area contributed by atoms with Crippen molar-refractivity contribution in [2.75, 3.05) is 11.9 Å². The number of carbonyl (C=O) groups is 4. The number of hydrogen-bond acceptors (Lipinski definition) is 5. The van der Waals surface area contributed by atoms with Gasteiger partial charge in [-0.2, -0.15) is 18.4 Å². The lowest BCUT2D eigenvalue weighted by Crippen LogP contribution is -2.61. The first-order chi connectivity index (χ1) is 18.4. The maximum absolute atomic E-state index is 13.6. The van der Waals surface area contributed by atoms with E-state index < -0.39 is 53.4 Å². The molecule has 2 heterocycles. The van der Waals surface area contributed by atoms with Gasteiger partial charge in [0.25, 0.3) is 0 Å². The highest BCUT2D eigenvalue weighted by Crippen LogP contribution is 2.65. The van der Waals surface area contributed by atoms with E-state index in [1.165, 1.54) is 25.7 Å². The van der Waals surface area contributed by atoms with Crippen molar-refractivity contribution >= 4 is 40.9 Å². The predicted molar refractivity (Wildman–Crippen MR) is 139 cm³/mol. The molecule has 2 fully saturated rings. The number of anilines is 1. The third-order valence-electron chi connectivity index (χ3n) is 8.31. The van der Waals surface area contributed by atoms with Crippen molar-refractivity contribution < 1.29 is 32.3 Å². The Bertz CT molecular complexity index is 1300. The molecule has 1 aromatic carbocycles. The van der Waals surface area contributed by atoms with Crippen LogP contribution in [-0.2, 0) is 19.2 Å². The average molecular weight is 582 g/mol. The minimum Gasteiger partial charge on any atom is -0.339 e. The van der Waals surface area contributed by atoms with Crippen LogP contribution in [0.3, 0.4) is 0 Å². The number of nitrogens with one attached hydrogen (secondary N) is 3. The van der Waals surface area contributed by atoms with Crippen LogP contribution in [0, 0.1) is 34.0 Å². The Labute approximate surface area is 234 Å². The number of hydrogen-bond donors (Lipinski definition) is 3. The molecular weight excluding hydrogens is 551 g/mol. The summed E-state index contributed by atoms with van der Waals surface area (Å²) in [5, 5.41) is 17.4. The van der Waals surface area contributed by atoms with E-state index >= 15 is 0 Å². The van der Waals surface area contributed by atoms with Crippen LogP contribution in [0.1, 0.15) is 52.5 Å². The lowest BCUT2D eigenvalue weighted by Gasteiger charge is -2.37. The summed E-state index contributed by atoms with van der Waals surface area (Å²) in [5.41, 5.74) is -0.247. The third-order valence-corrected chi connectivity index (χ3v) is 8.55. The van der Waals surface area contributed by atoms with Crippen molar-refractivity contribution in [3.63, 3.8) is 0 Å². The van der Waals surface area contributed by atoms with E-state index in [9.17, 15) is 37.6 Å². The Balaban J connectivity index is 1.55. The fraction of sp³-hybridized carbons (Fsp3) is 0.593. The molecule has 4 amide bonds. The van der Waals surface area contributed by atoms with E-state index in [-0.39, 0.29) is 36.1 Å². The SMILES string of the molecule is CC(C)(C)C(NC(=O)C(F)(F)F)C(=O)N1CC2C(C1C(=O)NC(C#N)CC1C(=O)Nc3ccc(Cl)cc31)C2(C)C. The van der Waals surface area contributed by atoms with Crippen molar-refractivity contribution in [1.29, 1.82) is 5.26 Å². The molecule has 1 saturated carbocycles. The molecule has 0 radical (unpaired) electrons. The van der Waals surface area contributed by atoms with Gasteiger partial charge in [0, 0.05) is 17.3 Å². The first-order valence-corrected chi connectivity index (χ1v) is 13.2. The lowest BCUT2D eigenvalue weighted by atomic mass is 9.85. The number of benzene rings is 1. The number of amides is 4. The summed E-state index contributed by atoms with van der Waals surface area (Å²) in [6.07, 6.45) is -5.24. The summed E-state index contributed by atoms with van der Waals surface area (Å²) >= 11 is 6.08. The largest absolute Gasteiger partial charge is 0.471 e. The van der Waals surface area contributed by atoms with Crippen LogP contribution in [-0.4, -0.2) is 59.4 Å². The smallest absolute Gasteiger partial charge is 0.339 e. The highest BCUT2D eigenvalue weighted by molar-refractivity contribution is 6.31. The van der Waals surface area contributed by atoms with E-state index in [2.05, 4.69) is 10.6 Å². The van der Waals surface area contributed by atoms with Crippen LogP contribution in [0.2, 0.25) is 5.02 Å². The van der Waals surface area contributed by atoms with Gasteiger partial charge in [-0.3, -0.25) is 19.2 Å². The number of fused-ring (bicyclic) bond motifs is 2. The molecule has 0 aromatic heterocycles. The number of piperidine rings is 1. The topological polar surface area (TPSA) is 131 Å². The normalized spacial score (nSPS) is 26.1. The van der Waals surface area contributed by atoms with Gasteiger partial charge in [0.1, 0.15) is 18.1 Å². The summed E-state index contributed by atoms with van der Waals surface area (Å²) < 4.78 is 39.1. The Morgan fingerprint density at radius 3 is 2.45 bits per heavy atom. The summed E-state index contributed by atoms with van der Waals surface area (Å²) in [4.78, 5) is 52.8. The van der Waals surface area contributed by atoms with E-state index in [0.717, 1.165) is 0 Å². The standard InChI is InChI=1S/C27H31ClF3N5O4/c1-25(2,3)20(35-24(40)27(29,30)31)23(39)36-11-16-18(26(16,4)5)19(36)22(38)33-13(10-32)9-15-14-8-12(28)6-7-17(14)34-21(15)37/h6-8,13,15-16,18-20H,9,11H2,1-5H3,(H,33,38)(H,34,37)(H,35,40). The average Bonchev–Trinajstić information content (AvgIpc) is 3.14. The molecule has 1 aliphatic carbocycles. The van der Waals surface area contributed by atoms with Gasteiger partial charge in [0.2, 0.25) is 17.7 Å². The van der Waals surface area contributed by atoms with Gasteiger partial charge in [-0.1, -0.05) is 46.2 Å². The highest BCUT2D eigenvalue weighted by Gasteiger charge is 2.70. The summed E-state index contributed by atoms with van der Waals surface area (Å²) in [6, 6.07) is 3.18. The molecular formula is C27H31ClF3N5O4. The highest BCUT2D eigenvalue weighted by atomic mass is 35.5. The van der Waals surface area contributed by atoms with Gasteiger partial charge in [-0.25, -0.2) is 0 Å². The lowest BCUT2D eigenvalue weighted by molar-refractivity contribution is -0.176. The molecule has 6 atom stereocenters. The number of carbonyl (C=O) groups excluding carboxylic acids is 4. The fourth-order valence-corrected chi connectivity index (χ4v) is 6.19. The number of halogens is 4. The molecule has 40 heavy (non-hydrogen) atoms. The second-order valence-corrected chi connectivity index (χ2v) is 12.8. The third kappa shape index (κ3) is 5.36. The number of alkyl halides is 3. The van der Waals surface area contributed by atoms with Crippen LogP contribution in [0.15, 0.2) is 18.2 Å². The van der Waals surface area contributed by atoms with E-state index in [4.69, 9.17) is 11.6 Å². The molecule has 6 unspecified atom stereocenters. The number of rotatable bonds is 6. The zero-order valence-electron chi connectivity index (χ0n) is 22.6. The second-order valence-electron chi connectivity index (χ2n) is 12.4. The van der Waals surface area contributed by atoms with Crippen LogP contribution in [0.4, 0.5) is 18.9 Å². The predicted octanol–water partition coefficient (Wildman–Crippen LogP) is 3.35. The monoisotopic (exact) mass is 581 g/mol. The van der Waals surface area contributed by atoms with Crippen molar-refractivity contribution in [1.82, 2.24) is 15.5 Å². The fourth-order valence-electron chi connectivity index (χ4n) is 6.01. The molecule has 0 spiro atoms. The molecule has 9 nitrogen and oxygen atoms in total. The molecule has 3 N–H and O–H groups in total. The van der Waals surface area contributed by atoms with Crippen molar-refractivity contribution in [2.45, 2.75) is 71.3 Å². The Morgan fingerprint density at radius 2 is 1.88 bits per heavy atom. The van der Waals surface area contributed by atoms with E-state index in [1.807, 2.05) is 25.2 Å². The van der Waals surface area contributed by atoms with Crippen molar-refractivity contribution in [3.05, 3.63) is 28.8 Å². The first-order valence-electron chi connectivity index (χ1n) is 12.9. The van der Waals surface area contributed by atoms with Crippen molar-refractivity contribution in [3.8, 4) is 6.07 Å². The Morgan fingerprint density at radius 1 is 1.23 bits per heavy atom. The Hall–Kier alpha value is -3.33. The number of nitriles is 1. The van der Waals surface area contributed by atoms with Gasteiger partial charge in [0.05, 0.1) is 12.0 Å².